The molecule has 1 aliphatic rings. The third-order valence-electron chi connectivity index (χ3n) is 5.99. The van der Waals surface area contributed by atoms with E-state index in [1.807, 2.05) is 18.0 Å². The number of nitrogens with zero attached hydrogens (tertiary/aromatic N) is 6. The van der Waals surface area contributed by atoms with Crippen LogP contribution in [-0.4, -0.2) is 62.3 Å². The topological polar surface area (TPSA) is 114 Å². The number of nitrogens with one attached hydrogen (secondary N) is 2. The molecule has 0 spiro atoms. The predicted molar refractivity (Wildman–Crippen MR) is 124 cm³/mol. The highest BCUT2D eigenvalue weighted by Gasteiger charge is 2.27. The molecule has 2 atom stereocenters. The molecule has 0 bridgehead atoms. The minimum atomic E-state index is -0.896. The van der Waals surface area contributed by atoms with Crippen LogP contribution < -0.4 is 10.6 Å². The van der Waals surface area contributed by atoms with E-state index in [1.165, 1.54) is 12.1 Å². The maximum Gasteiger partial charge on any atom is 0.269 e. The number of halogens is 1. The van der Waals surface area contributed by atoms with Crippen molar-refractivity contribution in [1.82, 2.24) is 24.5 Å². The number of rotatable bonds is 8. The fourth-order valence-electron chi connectivity index (χ4n) is 4.01. The molecule has 176 valence electrons. The lowest BCUT2D eigenvalue weighted by Gasteiger charge is -2.32. The van der Waals surface area contributed by atoms with Crippen LogP contribution in [0.25, 0.3) is 5.65 Å². The predicted octanol–water partition coefficient (Wildman–Crippen LogP) is 3.47. The van der Waals surface area contributed by atoms with Crippen LogP contribution in [0.1, 0.15) is 37.3 Å². The maximum absolute atomic E-state index is 14.5. The Kier molecular flexibility index (Phi) is 6.68. The van der Waals surface area contributed by atoms with Crippen molar-refractivity contribution in [3.8, 4) is 0 Å². The lowest BCUT2D eigenvalue weighted by molar-refractivity contribution is -0.384. The van der Waals surface area contributed by atoms with Gasteiger partial charge in [0, 0.05) is 43.2 Å². The van der Waals surface area contributed by atoms with Gasteiger partial charge in [0.25, 0.3) is 5.69 Å². The maximum atomic E-state index is 14.5. The van der Waals surface area contributed by atoms with E-state index in [4.69, 9.17) is 0 Å². The summed E-state index contributed by atoms with van der Waals surface area (Å²) in [6.45, 7) is 6.20. The van der Waals surface area contributed by atoms with Gasteiger partial charge in [-0.15, -0.1) is 0 Å². The Morgan fingerprint density at radius 1 is 1.30 bits per heavy atom. The van der Waals surface area contributed by atoms with Crippen LogP contribution in [0.3, 0.4) is 0 Å². The Morgan fingerprint density at radius 2 is 2.12 bits per heavy atom. The number of alkyl halides is 1. The molecule has 0 radical (unpaired) electrons. The van der Waals surface area contributed by atoms with Crippen LogP contribution in [0.4, 0.5) is 22.0 Å². The number of fused-ring (bicyclic) bond motifs is 1. The molecule has 2 N–H and O–H groups in total. The summed E-state index contributed by atoms with van der Waals surface area (Å²) in [5.74, 6) is 0.967. The van der Waals surface area contributed by atoms with Gasteiger partial charge < -0.3 is 15.5 Å². The van der Waals surface area contributed by atoms with Crippen molar-refractivity contribution in [3.63, 3.8) is 0 Å². The highest BCUT2D eigenvalue weighted by molar-refractivity contribution is 5.55. The number of hydrogen-bond acceptors (Lipinski definition) is 8. The molecule has 0 aliphatic carbocycles. The molecule has 1 fully saturated rings. The molecule has 10 nitrogen and oxygen atoms in total. The van der Waals surface area contributed by atoms with Crippen LogP contribution in [0.5, 0.6) is 0 Å². The van der Waals surface area contributed by atoms with E-state index in [2.05, 4.69) is 39.5 Å². The highest BCUT2D eigenvalue weighted by atomic mass is 19.1. The van der Waals surface area contributed by atoms with Crippen LogP contribution >= 0.6 is 0 Å². The van der Waals surface area contributed by atoms with Crippen molar-refractivity contribution in [2.45, 2.75) is 38.9 Å². The molecular formula is C22H29FN8O2. The molecule has 0 unspecified atom stereocenters. The van der Waals surface area contributed by atoms with Gasteiger partial charge in [0.1, 0.15) is 6.17 Å². The number of hydrogen-bond donors (Lipinski definition) is 2. The van der Waals surface area contributed by atoms with Crippen LogP contribution in [0.2, 0.25) is 0 Å². The summed E-state index contributed by atoms with van der Waals surface area (Å²) in [5, 5.41) is 21.9. The van der Waals surface area contributed by atoms with Crippen molar-refractivity contribution in [3.05, 3.63) is 51.7 Å². The highest BCUT2D eigenvalue weighted by Crippen LogP contribution is 2.24. The molecular weight excluding hydrogens is 427 g/mol. The molecule has 3 aromatic rings. The summed E-state index contributed by atoms with van der Waals surface area (Å²) in [5.41, 5.74) is 2.42. The zero-order chi connectivity index (χ0) is 23.5. The minimum Gasteiger partial charge on any atom is -0.354 e. The largest absolute Gasteiger partial charge is 0.354 e. The Balaban J connectivity index is 1.57. The van der Waals surface area contributed by atoms with E-state index in [9.17, 15) is 14.5 Å². The number of aromatic nitrogens is 4. The zero-order valence-electron chi connectivity index (χ0n) is 19.0. The van der Waals surface area contributed by atoms with E-state index in [-0.39, 0.29) is 17.5 Å². The van der Waals surface area contributed by atoms with Gasteiger partial charge >= 0.3 is 0 Å². The van der Waals surface area contributed by atoms with Gasteiger partial charge in [0.2, 0.25) is 11.9 Å². The average Bonchev–Trinajstić information content (AvgIpc) is 3.21. The van der Waals surface area contributed by atoms with E-state index in [1.54, 1.807) is 16.8 Å². The minimum absolute atomic E-state index is 0.0320. The fourth-order valence-corrected chi connectivity index (χ4v) is 4.01. The quantitative estimate of drug-likeness (QED) is 0.391. The number of anilines is 2. The third-order valence-corrected chi connectivity index (χ3v) is 5.99. The van der Waals surface area contributed by atoms with E-state index >= 15 is 0 Å². The second kappa shape index (κ2) is 9.65. The van der Waals surface area contributed by atoms with Crippen molar-refractivity contribution in [2.75, 3.05) is 37.3 Å². The van der Waals surface area contributed by atoms with Crippen LogP contribution in [0, 0.1) is 16.0 Å². The number of piperidine rings is 1. The van der Waals surface area contributed by atoms with Gasteiger partial charge in [-0.05, 0) is 31.5 Å². The van der Waals surface area contributed by atoms with Crippen molar-refractivity contribution in [2.24, 2.45) is 5.92 Å². The monoisotopic (exact) mass is 456 g/mol. The van der Waals surface area contributed by atoms with E-state index in [0.29, 0.717) is 37.2 Å². The Labute approximate surface area is 191 Å². The average molecular weight is 457 g/mol. The molecule has 4 rings (SSSR count). The van der Waals surface area contributed by atoms with Crippen LogP contribution in [0.15, 0.2) is 30.5 Å². The molecule has 0 amide bonds. The first-order valence-electron chi connectivity index (χ1n) is 11.1. The molecule has 0 saturated carbocycles. The summed E-state index contributed by atoms with van der Waals surface area (Å²) in [6, 6.07) is 6.44. The zero-order valence-corrected chi connectivity index (χ0v) is 19.0. The van der Waals surface area contributed by atoms with E-state index in [0.717, 1.165) is 24.1 Å². The summed E-state index contributed by atoms with van der Waals surface area (Å²) in [4.78, 5) is 21.9. The van der Waals surface area contributed by atoms with Gasteiger partial charge in [0.05, 0.1) is 11.1 Å². The molecule has 33 heavy (non-hydrogen) atoms. The van der Waals surface area contributed by atoms with Crippen LogP contribution in [-0.2, 0) is 6.54 Å². The van der Waals surface area contributed by atoms with Crippen molar-refractivity contribution < 1.29 is 9.31 Å². The van der Waals surface area contributed by atoms with E-state index < -0.39 is 11.1 Å². The summed E-state index contributed by atoms with van der Waals surface area (Å²) < 4.78 is 16.1. The second-order valence-corrected chi connectivity index (χ2v) is 8.85. The normalized spacial score (nSPS) is 19.2. The number of benzene rings is 1. The molecule has 3 heterocycles. The summed E-state index contributed by atoms with van der Waals surface area (Å²) in [6.07, 6.45) is 1.65. The molecule has 1 saturated heterocycles. The lowest BCUT2D eigenvalue weighted by Crippen LogP contribution is -2.42. The summed E-state index contributed by atoms with van der Waals surface area (Å²) in [7, 11) is 1.93. The Morgan fingerprint density at radius 3 is 2.85 bits per heavy atom. The van der Waals surface area contributed by atoms with Gasteiger partial charge in [-0.1, -0.05) is 26.0 Å². The molecule has 2 aromatic heterocycles. The second-order valence-electron chi connectivity index (χ2n) is 8.85. The van der Waals surface area contributed by atoms with Crippen molar-refractivity contribution in [1.29, 1.82) is 0 Å². The van der Waals surface area contributed by atoms with Gasteiger partial charge in [0.15, 0.2) is 5.65 Å². The van der Waals surface area contributed by atoms with Gasteiger partial charge in [-0.3, -0.25) is 10.1 Å². The smallest absolute Gasteiger partial charge is 0.269 e. The standard InChI is InChI=1S/C22H29FN8O2/c1-14(2)18-12-26-30-20(18)27-21(24-11-16-7-8-29(3)13-19(16)23)28-22(30)25-10-15-5-4-6-17(9-15)31(32)33/h4-6,9,12,14,16,19H,7-8,10-11,13H2,1-3H3,(H2,24,25,27,28)/t16-,19+/m1/s1. The first-order valence-corrected chi connectivity index (χ1v) is 11.1. The third kappa shape index (κ3) is 5.19. The molecule has 11 heteroatoms. The summed E-state index contributed by atoms with van der Waals surface area (Å²) >= 11 is 0. The first kappa shape index (κ1) is 22.8. The first-order chi connectivity index (χ1) is 15.8. The Hall–Kier alpha value is -3.34. The number of nitro groups is 1. The number of nitro benzene ring substituents is 1. The molecule has 1 aliphatic heterocycles. The number of likely N-dealkylation sites (tertiary alicyclic amines) is 1. The Bertz CT molecular complexity index is 1130. The number of non-ortho nitro benzene ring substituents is 1. The lowest BCUT2D eigenvalue weighted by atomic mass is 9.95. The SMILES string of the molecule is CC(C)c1cnn2c(NCc3cccc([N+](=O)[O-])c3)nc(NC[C@H]3CCN(C)C[C@@H]3F)nc12. The van der Waals surface area contributed by atoms with Gasteiger partial charge in [-0.25, -0.2) is 4.39 Å². The van der Waals surface area contributed by atoms with Crippen molar-refractivity contribution >= 4 is 23.2 Å². The fraction of sp³-hybridized carbons (Fsp3) is 0.500. The van der Waals surface area contributed by atoms with Gasteiger partial charge in [-0.2, -0.15) is 19.6 Å². The molecule has 1 aromatic carbocycles.